The predicted molar refractivity (Wildman–Crippen MR) is 131 cm³/mol. The van der Waals surface area contributed by atoms with Crippen molar-refractivity contribution in [3.8, 4) is 11.4 Å². The van der Waals surface area contributed by atoms with E-state index in [-0.39, 0.29) is 23.7 Å². The van der Waals surface area contributed by atoms with Crippen molar-refractivity contribution in [2.24, 2.45) is 0 Å². The van der Waals surface area contributed by atoms with Crippen LogP contribution < -0.4 is 10.2 Å². The molecule has 0 unspecified atom stereocenters. The molecule has 0 bridgehead atoms. The average Bonchev–Trinajstić information content (AvgIpc) is 3.31. The van der Waals surface area contributed by atoms with Crippen molar-refractivity contribution in [2.75, 3.05) is 4.90 Å². The van der Waals surface area contributed by atoms with Gasteiger partial charge in [-0.2, -0.15) is 0 Å². The number of para-hydroxylation sites is 1. The van der Waals surface area contributed by atoms with Crippen molar-refractivity contribution in [1.82, 2.24) is 14.9 Å². The molecule has 1 fully saturated rings. The molecule has 2 aromatic carbocycles. The minimum absolute atomic E-state index is 0.187. The number of thiocarbonyl (C=S) groups is 1. The zero-order valence-electron chi connectivity index (χ0n) is 18.2. The van der Waals surface area contributed by atoms with Gasteiger partial charge in [-0.25, -0.2) is 4.39 Å². The molecule has 2 atom stereocenters. The molecular formula is C26H23FN4OS. The summed E-state index contributed by atoms with van der Waals surface area (Å²) in [6.45, 7) is 3.98. The highest BCUT2D eigenvalue weighted by Gasteiger charge is 2.42. The van der Waals surface area contributed by atoms with Gasteiger partial charge in [0.2, 0.25) is 0 Å². The summed E-state index contributed by atoms with van der Waals surface area (Å²) in [4.78, 5) is 6.63. The number of nitrogens with zero attached hydrogens (tertiary/aromatic N) is 3. The summed E-state index contributed by atoms with van der Waals surface area (Å²) in [6.07, 6.45) is 1.77. The SMILES string of the molecule is Cc1cc([C@H]2[C@H](c3ccccn3)NC(=S)N2c2ccc(O)cc2)c(C)n1-c1ccccc1F. The number of aryl methyl sites for hydroxylation is 1. The second kappa shape index (κ2) is 8.33. The van der Waals surface area contributed by atoms with Gasteiger partial charge in [-0.15, -0.1) is 0 Å². The van der Waals surface area contributed by atoms with Gasteiger partial charge in [0.1, 0.15) is 11.6 Å². The lowest BCUT2D eigenvalue weighted by atomic mass is 9.96. The van der Waals surface area contributed by atoms with Gasteiger partial charge in [0.25, 0.3) is 0 Å². The zero-order chi connectivity index (χ0) is 23.1. The van der Waals surface area contributed by atoms with Gasteiger partial charge in [0.05, 0.1) is 23.5 Å². The Kier molecular flexibility index (Phi) is 5.34. The van der Waals surface area contributed by atoms with Crippen LogP contribution in [0.5, 0.6) is 5.75 Å². The molecule has 0 saturated carbocycles. The molecule has 3 heterocycles. The van der Waals surface area contributed by atoms with Crippen LogP contribution >= 0.6 is 12.2 Å². The Bertz CT molecular complexity index is 1320. The fourth-order valence-corrected chi connectivity index (χ4v) is 5.00. The average molecular weight is 459 g/mol. The number of halogens is 1. The predicted octanol–water partition coefficient (Wildman–Crippen LogP) is 5.51. The number of hydrogen-bond donors (Lipinski definition) is 2. The summed E-state index contributed by atoms with van der Waals surface area (Å²) < 4.78 is 16.6. The number of rotatable bonds is 4. The highest BCUT2D eigenvalue weighted by Crippen LogP contribution is 2.44. The fourth-order valence-electron chi connectivity index (χ4n) is 4.65. The maximum atomic E-state index is 14.7. The zero-order valence-corrected chi connectivity index (χ0v) is 19.1. The van der Waals surface area contributed by atoms with E-state index in [9.17, 15) is 9.50 Å². The first kappa shape index (κ1) is 21.2. The van der Waals surface area contributed by atoms with Crippen molar-refractivity contribution in [2.45, 2.75) is 25.9 Å². The Morgan fingerprint density at radius 1 is 1.00 bits per heavy atom. The standard InChI is InChI=1S/C26H23FN4OS/c1-16-15-20(17(2)30(16)23-9-4-3-7-21(23)27)25-24(22-8-5-6-14-28-22)29-26(33)31(25)18-10-12-19(32)13-11-18/h3-15,24-25,32H,1-2H3,(H,29,33)/t24-,25-/m0/s1. The van der Waals surface area contributed by atoms with E-state index in [4.69, 9.17) is 12.2 Å². The molecule has 0 radical (unpaired) electrons. The van der Waals surface area contributed by atoms with E-state index in [0.717, 1.165) is 28.3 Å². The first-order valence-corrected chi connectivity index (χ1v) is 11.1. The quantitative estimate of drug-likeness (QED) is 0.395. The van der Waals surface area contributed by atoms with Crippen LogP contribution in [0, 0.1) is 19.7 Å². The number of phenols is 1. The summed E-state index contributed by atoms with van der Waals surface area (Å²) in [5.41, 5.74) is 5.10. The molecule has 5 nitrogen and oxygen atoms in total. The minimum Gasteiger partial charge on any atom is -0.508 e. The van der Waals surface area contributed by atoms with Gasteiger partial charge in [0.15, 0.2) is 5.11 Å². The molecule has 166 valence electrons. The van der Waals surface area contributed by atoms with Gasteiger partial charge in [-0.3, -0.25) is 4.98 Å². The van der Waals surface area contributed by atoms with Gasteiger partial charge in [0, 0.05) is 23.3 Å². The summed E-state index contributed by atoms with van der Waals surface area (Å²) in [5, 5.41) is 13.8. The smallest absolute Gasteiger partial charge is 0.174 e. The molecular weight excluding hydrogens is 435 g/mol. The number of phenolic OH excluding ortho intramolecular Hbond substituents is 1. The number of hydrogen-bond acceptors (Lipinski definition) is 3. The Morgan fingerprint density at radius 2 is 1.73 bits per heavy atom. The highest BCUT2D eigenvalue weighted by molar-refractivity contribution is 7.80. The Balaban J connectivity index is 1.69. The van der Waals surface area contributed by atoms with Gasteiger partial charge in [-0.05, 0) is 86.2 Å². The Morgan fingerprint density at radius 3 is 2.42 bits per heavy atom. The van der Waals surface area contributed by atoms with Gasteiger partial charge in [-0.1, -0.05) is 18.2 Å². The first-order valence-electron chi connectivity index (χ1n) is 10.7. The Hall–Kier alpha value is -3.71. The van der Waals surface area contributed by atoms with E-state index in [0.29, 0.717) is 10.8 Å². The van der Waals surface area contributed by atoms with Crippen molar-refractivity contribution in [3.05, 3.63) is 107 Å². The highest BCUT2D eigenvalue weighted by atomic mass is 32.1. The third-order valence-electron chi connectivity index (χ3n) is 6.11. The third kappa shape index (κ3) is 3.64. The Labute approximate surface area is 197 Å². The molecule has 5 rings (SSSR count). The van der Waals surface area contributed by atoms with Crippen LogP contribution in [0.3, 0.4) is 0 Å². The van der Waals surface area contributed by atoms with Crippen LogP contribution in [0.15, 0.2) is 79.0 Å². The van der Waals surface area contributed by atoms with E-state index in [2.05, 4.69) is 16.4 Å². The lowest BCUT2D eigenvalue weighted by molar-refractivity contribution is 0.475. The largest absolute Gasteiger partial charge is 0.508 e. The molecule has 2 N–H and O–H groups in total. The van der Waals surface area contributed by atoms with Crippen LogP contribution in [0.2, 0.25) is 0 Å². The molecule has 1 aliphatic heterocycles. The summed E-state index contributed by atoms with van der Waals surface area (Å²) in [5.74, 6) is -0.0880. The van der Waals surface area contributed by atoms with Crippen LogP contribution in [0.4, 0.5) is 10.1 Å². The maximum Gasteiger partial charge on any atom is 0.174 e. The molecule has 33 heavy (non-hydrogen) atoms. The normalized spacial score (nSPS) is 17.9. The molecule has 7 heteroatoms. The fraction of sp³-hybridized carbons (Fsp3) is 0.154. The number of benzene rings is 2. The van der Waals surface area contributed by atoms with E-state index in [1.807, 2.05) is 59.7 Å². The number of aromatic hydroxyl groups is 1. The van der Waals surface area contributed by atoms with E-state index < -0.39 is 0 Å². The monoisotopic (exact) mass is 458 g/mol. The van der Waals surface area contributed by atoms with E-state index in [1.165, 1.54) is 6.07 Å². The number of pyridine rings is 1. The summed E-state index contributed by atoms with van der Waals surface area (Å²) >= 11 is 5.76. The van der Waals surface area contributed by atoms with Crippen LogP contribution in [-0.4, -0.2) is 19.8 Å². The molecule has 0 amide bonds. The topological polar surface area (TPSA) is 53.3 Å². The van der Waals surface area contributed by atoms with Crippen molar-refractivity contribution in [1.29, 1.82) is 0 Å². The molecule has 1 saturated heterocycles. The van der Waals surface area contributed by atoms with Gasteiger partial charge >= 0.3 is 0 Å². The van der Waals surface area contributed by atoms with Crippen molar-refractivity contribution in [3.63, 3.8) is 0 Å². The molecule has 0 aliphatic carbocycles. The van der Waals surface area contributed by atoms with E-state index in [1.54, 1.807) is 30.5 Å². The lowest BCUT2D eigenvalue weighted by Gasteiger charge is -2.28. The number of anilines is 1. The van der Waals surface area contributed by atoms with Crippen LogP contribution in [0.25, 0.3) is 5.69 Å². The number of aromatic nitrogens is 2. The summed E-state index contributed by atoms with van der Waals surface area (Å²) in [7, 11) is 0. The maximum absolute atomic E-state index is 14.7. The molecule has 0 spiro atoms. The third-order valence-corrected chi connectivity index (χ3v) is 6.42. The molecule has 1 aliphatic rings. The van der Waals surface area contributed by atoms with Crippen molar-refractivity contribution >= 4 is 23.0 Å². The van der Waals surface area contributed by atoms with Gasteiger partial charge < -0.3 is 19.9 Å². The molecule has 2 aromatic heterocycles. The minimum atomic E-state index is -0.275. The summed E-state index contributed by atoms with van der Waals surface area (Å²) in [6, 6.07) is 21.2. The second-order valence-electron chi connectivity index (χ2n) is 8.13. The first-order chi connectivity index (χ1) is 16.0. The van der Waals surface area contributed by atoms with Crippen LogP contribution in [0.1, 0.15) is 34.7 Å². The van der Waals surface area contributed by atoms with Crippen LogP contribution in [-0.2, 0) is 0 Å². The second-order valence-corrected chi connectivity index (χ2v) is 8.51. The molecule has 4 aromatic rings. The van der Waals surface area contributed by atoms with E-state index >= 15 is 0 Å². The lowest BCUT2D eigenvalue weighted by Crippen LogP contribution is -2.29. The van der Waals surface area contributed by atoms with Crippen molar-refractivity contribution < 1.29 is 9.50 Å². The number of nitrogens with one attached hydrogen (secondary N) is 1.